The number of aromatic nitrogens is 4. The minimum absolute atomic E-state index is 0.564. The van der Waals surface area contributed by atoms with Gasteiger partial charge in [0.2, 0.25) is 10.1 Å². The normalized spacial score (nSPS) is 22.0. The first-order valence-corrected chi connectivity index (χ1v) is 8.13. The predicted octanol–water partition coefficient (Wildman–Crippen LogP) is 3.45. The predicted molar refractivity (Wildman–Crippen MR) is 84.5 cm³/mol. The fourth-order valence-electron chi connectivity index (χ4n) is 2.92. The van der Waals surface area contributed by atoms with Crippen molar-refractivity contribution in [2.24, 2.45) is 5.92 Å². The van der Waals surface area contributed by atoms with Gasteiger partial charge >= 0.3 is 0 Å². The van der Waals surface area contributed by atoms with E-state index in [1.54, 1.807) is 17.5 Å². The summed E-state index contributed by atoms with van der Waals surface area (Å²) in [6.07, 6.45) is 9.35. The van der Waals surface area contributed by atoms with Crippen molar-refractivity contribution in [1.82, 2.24) is 19.6 Å². The second-order valence-electron chi connectivity index (χ2n) is 5.76. The number of nitrogens with one attached hydrogen (secondary N) is 1. The first kappa shape index (κ1) is 12.8. The van der Waals surface area contributed by atoms with Crippen molar-refractivity contribution in [3.05, 3.63) is 30.7 Å². The maximum absolute atomic E-state index is 4.63. The van der Waals surface area contributed by atoms with Gasteiger partial charge in [0.15, 0.2) is 0 Å². The van der Waals surface area contributed by atoms with Crippen LogP contribution in [-0.2, 0) is 0 Å². The zero-order chi connectivity index (χ0) is 14.2. The molecule has 0 bridgehead atoms. The van der Waals surface area contributed by atoms with Crippen molar-refractivity contribution < 1.29 is 0 Å². The number of hydrogen-bond acceptors (Lipinski definition) is 5. The zero-order valence-electron chi connectivity index (χ0n) is 11.9. The Morgan fingerprint density at radius 1 is 1.38 bits per heavy atom. The molecule has 3 heterocycles. The molecular formula is C15H17N5S. The van der Waals surface area contributed by atoms with E-state index in [1.807, 2.05) is 29.0 Å². The quantitative estimate of drug-likeness (QED) is 0.805. The summed E-state index contributed by atoms with van der Waals surface area (Å²) in [6, 6.07) is 4.50. The zero-order valence-corrected chi connectivity index (χ0v) is 12.7. The Hall–Kier alpha value is -1.95. The van der Waals surface area contributed by atoms with Gasteiger partial charge in [-0.1, -0.05) is 18.3 Å². The first-order chi connectivity index (χ1) is 10.3. The summed E-state index contributed by atoms with van der Waals surface area (Å²) in [5, 5.41) is 9.10. The molecule has 0 amide bonds. The van der Waals surface area contributed by atoms with Gasteiger partial charge in [-0.05, 0) is 37.3 Å². The number of hydrogen-bond donors (Lipinski definition) is 1. The third kappa shape index (κ3) is 2.51. The van der Waals surface area contributed by atoms with Crippen molar-refractivity contribution in [2.45, 2.75) is 32.2 Å². The van der Waals surface area contributed by atoms with Crippen molar-refractivity contribution in [1.29, 1.82) is 0 Å². The van der Waals surface area contributed by atoms with Crippen LogP contribution in [0.25, 0.3) is 16.2 Å². The Morgan fingerprint density at radius 3 is 3.05 bits per heavy atom. The van der Waals surface area contributed by atoms with E-state index < -0.39 is 0 Å². The highest BCUT2D eigenvalue weighted by atomic mass is 32.1. The molecule has 1 N–H and O–H groups in total. The van der Waals surface area contributed by atoms with Gasteiger partial charge in [0.1, 0.15) is 0 Å². The maximum atomic E-state index is 4.63. The van der Waals surface area contributed by atoms with Crippen molar-refractivity contribution in [3.8, 4) is 11.3 Å². The second-order valence-corrected chi connectivity index (χ2v) is 6.72. The van der Waals surface area contributed by atoms with Gasteiger partial charge in [0.05, 0.1) is 11.9 Å². The Kier molecular flexibility index (Phi) is 3.11. The lowest BCUT2D eigenvalue weighted by molar-refractivity contribution is 0.602. The highest BCUT2D eigenvalue weighted by Crippen LogP contribution is 2.30. The summed E-state index contributed by atoms with van der Waals surface area (Å²) in [5.41, 5.74) is 1.94. The van der Waals surface area contributed by atoms with E-state index >= 15 is 0 Å². The average Bonchev–Trinajstić information content (AvgIpc) is 3.15. The first-order valence-electron chi connectivity index (χ1n) is 7.31. The van der Waals surface area contributed by atoms with E-state index in [2.05, 4.69) is 27.3 Å². The van der Waals surface area contributed by atoms with Gasteiger partial charge in [0.25, 0.3) is 0 Å². The van der Waals surface area contributed by atoms with Crippen LogP contribution >= 0.6 is 11.3 Å². The lowest BCUT2D eigenvalue weighted by Crippen LogP contribution is -2.15. The highest BCUT2D eigenvalue weighted by Gasteiger charge is 2.22. The third-order valence-corrected chi connectivity index (χ3v) is 4.88. The molecule has 2 atom stereocenters. The van der Waals surface area contributed by atoms with Gasteiger partial charge in [-0.2, -0.15) is 0 Å². The lowest BCUT2D eigenvalue weighted by atomic mass is 10.1. The Bertz CT molecular complexity index is 716. The van der Waals surface area contributed by atoms with Crippen LogP contribution in [0.1, 0.15) is 26.2 Å². The van der Waals surface area contributed by atoms with E-state index in [0.717, 1.165) is 27.3 Å². The van der Waals surface area contributed by atoms with Crippen LogP contribution in [0.5, 0.6) is 0 Å². The smallest absolute Gasteiger partial charge is 0.214 e. The molecule has 1 aliphatic rings. The molecule has 1 fully saturated rings. The fraction of sp³-hybridized carbons (Fsp3) is 0.400. The largest absolute Gasteiger partial charge is 0.357 e. The SMILES string of the molecule is CC1CCC(Nc2nn3cc(-c4cccnc4)nc3s2)C1. The van der Waals surface area contributed by atoms with E-state index in [1.165, 1.54) is 19.3 Å². The summed E-state index contributed by atoms with van der Waals surface area (Å²) in [5.74, 6) is 0.823. The number of rotatable bonds is 3. The summed E-state index contributed by atoms with van der Waals surface area (Å²) in [7, 11) is 0. The lowest BCUT2D eigenvalue weighted by Gasteiger charge is -2.09. The van der Waals surface area contributed by atoms with Crippen LogP contribution in [0.15, 0.2) is 30.7 Å². The Balaban J connectivity index is 1.56. The molecule has 4 rings (SSSR count). The van der Waals surface area contributed by atoms with Crippen LogP contribution in [0, 0.1) is 5.92 Å². The van der Waals surface area contributed by atoms with E-state index in [4.69, 9.17) is 0 Å². The minimum atomic E-state index is 0.564. The molecule has 2 unspecified atom stereocenters. The summed E-state index contributed by atoms with van der Waals surface area (Å²) in [6.45, 7) is 2.32. The molecule has 1 aliphatic carbocycles. The summed E-state index contributed by atoms with van der Waals surface area (Å²) < 4.78 is 1.85. The molecule has 0 saturated heterocycles. The standard InChI is InChI=1S/C15H17N5S/c1-10-4-5-12(7-10)17-14-19-20-9-13(18-15(20)21-14)11-3-2-6-16-8-11/h2-3,6,8-10,12H,4-5,7H2,1H3,(H,17,19). The number of imidazole rings is 1. The topological polar surface area (TPSA) is 55.1 Å². The molecule has 3 aromatic heterocycles. The number of anilines is 1. The van der Waals surface area contributed by atoms with Crippen LogP contribution < -0.4 is 5.32 Å². The fourth-order valence-corrected chi connectivity index (χ4v) is 3.78. The molecule has 3 aromatic rings. The van der Waals surface area contributed by atoms with Gasteiger partial charge in [0, 0.05) is 24.0 Å². The van der Waals surface area contributed by atoms with E-state index in [-0.39, 0.29) is 0 Å². The Morgan fingerprint density at radius 2 is 2.33 bits per heavy atom. The molecule has 0 aromatic carbocycles. The number of pyridine rings is 1. The minimum Gasteiger partial charge on any atom is -0.357 e. The van der Waals surface area contributed by atoms with Gasteiger partial charge < -0.3 is 5.32 Å². The molecule has 1 saturated carbocycles. The van der Waals surface area contributed by atoms with Crippen LogP contribution in [0.2, 0.25) is 0 Å². The molecule has 5 nitrogen and oxygen atoms in total. The van der Waals surface area contributed by atoms with Crippen molar-refractivity contribution in [2.75, 3.05) is 5.32 Å². The molecule has 0 aliphatic heterocycles. The van der Waals surface area contributed by atoms with Crippen molar-refractivity contribution >= 4 is 21.4 Å². The average molecular weight is 299 g/mol. The molecule has 21 heavy (non-hydrogen) atoms. The van der Waals surface area contributed by atoms with E-state index in [9.17, 15) is 0 Å². The van der Waals surface area contributed by atoms with E-state index in [0.29, 0.717) is 6.04 Å². The Labute approximate surface area is 127 Å². The van der Waals surface area contributed by atoms with Gasteiger partial charge in [-0.3, -0.25) is 4.98 Å². The van der Waals surface area contributed by atoms with Crippen molar-refractivity contribution in [3.63, 3.8) is 0 Å². The van der Waals surface area contributed by atoms with Crippen LogP contribution in [0.4, 0.5) is 5.13 Å². The second kappa shape index (κ2) is 5.11. The third-order valence-electron chi connectivity index (χ3n) is 4.02. The number of nitrogens with zero attached hydrogens (tertiary/aromatic N) is 4. The van der Waals surface area contributed by atoms with Crippen LogP contribution in [-0.4, -0.2) is 25.6 Å². The summed E-state index contributed by atoms with van der Waals surface area (Å²) >= 11 is 1.61. The van der Waals surface area contributed by atoms with Crippen LogP contribution in [0.3, 0.4) is 0 Å². The van der Waals surface area contributed by atoms with Gasteiger partial charge in [-0.25, -0.2) is 9.50 Å². The molecule has 0 radical (unpaired) electrons. The van der Waals surface area contributed by atoms with Gasteiger partial charge in [-0.15, -0.1) is 5.10 Å². The summed E-state index contributed by atoms with van der Waals surface area (Å²) in [4.78, 5) is 9.68. The molecule has 108 valence electrons. The maximum Gasteiger partial charge on any atom is 0.214 e. The number of fused-ring (bicyclic) bond motifs is 1. The molecule has 0 spiro atoms. The highest BCUT2D eigenvalue weighted by molar-refractivity contribution is 7.20. The monoisotopic (exact) mass is 299 g/mol. The molecular weight excluding hydrogens is 282 g/mol. The molecule has 6 heteroatoms.